The lowest BCUT2D eigenvalue weighted by molar-refractivity contribution is -0.123. The quantitative estimate of drug-likeness (QED) is 0.620. The maximum absolute atomic E-state index is 13.6. The molecule has 156 valence electrons. The van der Waals surface area contributed by atoms with Gasteiger partial charge in [-0.3, -0.25) is 9.59 Å². The van der Waals surface area contributed by atoms with Crippen LogP contribution in [0.4, 0.5) is 5.69 Å². The molecule has 4 nitrogen and oxygen atoms in total. The van der Waals surface area contributed by atoms with Crippen molar-refractivity contribution in [3.8, 4) is 0 Å². The number of nitrogens with one attached hydrogen (secondary N) is 1. The molecule has 0 aliphatic heterocycles. The SMILES string of the molecule is Cc1ccc2[nH]c(=O)c(CN(C(=O)C3CCCCC3)c3cccc(C)c3C)cc2c1. The second-order valence-electron chi connectivity index (χ2n) is 8.69. The number of fused-ring (bicyclic) bond motifs is 1. The maximum Gasteiger partial charge on any atom is 0.253 e. The maximum atomic E-state index is 13.6. The molecule has 4 rings (SSSR count). The van der Waals surface area contributed by atoms with Crippen LogP contribution in [0.5, 0.6) is 0 Å². The van der Waals surface area contributed by atoms with Gasteiger partial charge in [-0.1, -0.05) is 43.0 Å². The number of carbonyl (C=O) groups is 1. The van der Waals surface area contributed by atoms with Crippen LogP contribution in [-0.4, -0.2) is 10.9 Å². The Morgan fingerprint density at radius 3 is 2.57 bits per heavy atom. The van der Waals surface area contributed by atoms with E-state index in [9.17, 15) is 9.59 Å². The number of H-pyrrole nitrogens is 1. The smallest absolute Gasteiger partial charge is 0.253 e. The third-order valence-electron chi connectivity index (χ3n) is 6.49. The number of nitrogens with zero attached hydrogens (tertiary/aromatic N) is 1. The number of benzene rings is 2. The number of aromatic amines is 1. The second kappa shape index (κ2) is 8.47. The molecule has 1 aromatic heterocycles. The summed E-state index contributed by atoms with van der Waals surface area (Å²) in [5, 5.41) is 0.996. The van der Waals surface area contributed by atoms with E-state index in [1.54, 1.807) is 0 Å². The molecule has 0 spiro atoms. The van der Waals surface area contributed by atoms with Crippen molar-refractivity contribution in [2.75, 3.05) is 4.90 Å². The summed E-state index contributed by atoms with van der Waals surface area (Å²) in [7, 11) is 0. The summed E-state index contributed by atoms with van der Waals surface area (Å²) in [6.07, 6.45) is 5.29. The van der Waals surface area contributed by atoms with E-state index < -0.39 is 0 Å². The molecule has 4 heteroatoms. The summed E-state index contributed by atoms with van der Waals surface area (Å²) < 4.78 is 0. The number of aromatic nitrogens is 1. The molecule has 1 aliphatic carbocycles. The van der Waals surface area contributed by atoms with Gasteiger partial charge in [-0.05, 0) is 74.4 Å². The van der Waals surface area contributed by atoms with E-state index in [1.807, 2.05) is 42.2 Å². The van der Waals surface area contributed by atoms with E-state index in [4.69, 9.17) is 0 Å². The van der Waals surface area contributed by atoms with Gasteiger partial charge < -0.3 is 9.88 Å². The Labute approximate surface area is 177 Å². The topological polar surface area (TPSA) is 53.2 Å². The number of pyridine rings is 1. The van der Waals surface area contributed by atoms with Crippen LogP contribution in [0.3, 0.4) is 0 Å². The van der Waals surface area contributed by atoms with Gasteiger partial charge in [-0.2, -0.15) is 0 Å². The van der Waals surface area contributed by atoms with Gasteiger partial charge in [-0.15, -0.1) is 0 Å². The molecule has 1 saturated carbocycles. The van der Waals surface area contributed by atoms with E-state index in [-0.39, 0.29) is 17.4 Å². The van der Waals surface area contributed by atoms with E-state index in [2.05, 4.69) is 31.0 Å². The van der Waals surface area contributed by atoms with Crippen molar-refractivity contribution in [2.45, 2.75) is 59.4 Å². The van der Waals surface area contributed by atoms with Gasteiger partial charge in [0.25, 0.3) is 5.56 Å². The van der Waals surface area contributed by atoms with E-state index in [1.165, 1.54) is 6.42 Å². The summed E-state index contributed by atoms with van der Waals surface area (Å²) in [6.45, 7) is 6.45. The van der Waals surface area contributed by atoms with Gasteiger partial charge in [0.05, 0.1) is 6.54 Å². The van der Waals surface area contributed by atoms with Crippen molar-refractivity contribution in [1.82, 2.24) is 4.98 Å². The summed E-state index contributed by atoms with van der Waals surface area (Å²) in [6, 6.07) is 14.0. The number of carbonyl (C=O) groups excluding carboxylic acids is 1. The van der Waals surface area contributed by atoms with Gasteiger partial charge in [-0.25, -0.2) is 0 Å². The van der Waals surface area contributed by atoms with Crippen LogP contribution in [0.25, 0.3) is 10.9 Å². The first-order valence-corrected chi connectivity index (χ1v) is 10.9. The Balaban J connectivity index is 1.77. The predicted molar refractivity (Wildman–Crippen MR) is 123 cm³/mol. The molecule has 30 heavy (non-hydrogen) atoms. The lowest BCUT2D eigenvalue weighted by Crippen LogP contribution is -2.38. The van der Waals surface area contributed by atoms with Crippen molar-refractivity contribution in [2.24, 2.45) is 5.92 Å². The molecule has 1 aliphatic rings. The van der Waals surface area contributed by atoms with Crippen LogP contribution in [-0.2, 0) is 11.3 Å². The Morgan fingerprint density at radius 2 is 1.80 bits per heavy atom. The van der Waals surface area contributed by atoms with Gasteiger partial charge >= 0.3 is 0 Å². The highest BCUT2D eigenvalue weighted by Crippen LogP contribution is 2.31. The van der Waals surface area contributed by atoms with Crippen molar-refractivity contribution < 1.29 is 4.79 Å². The number of anilines is 1. The number of aryl methyl sites for hydroxylation is 2. The number of rotatable bonds is 4. The minimum atomic E-state index is -0.127. The average Bonchev–Trinajstić information content (AvgIpc) is 2.75. The first-order chi connectivity index (χ1) is 14.4. The molecule has 1 N–H and O–H groups in total. The van der Waals surface area contributed by atoms with Crippen molar-refractivity contribution >= 4 is 22.5 Å². The molecular weight excluding hydrogens is 372 g/mol. The van der Waals surface area contributed by atoms with Crippen molar-refractivity contribution in [1.29, 1.82) is 0 Å². The lowest BCUT2D eigenvalue weighted by Gasteiger charge is -2.31. The molecule has 0 radical (unpaired) electrons. The predicted octanol–water partition coefficient (Wildman–Crippen LogP) is 5.57. The van der Waals surface area contributed by atoms with Crippen LogP contribution in [0.2, 0.25) is 0 Å². The molecular formula is C26H30N2O2. The molecule has 2 aromatic carbocycles. The average molecular weight is 403 g/mol. The molecule has 3 aromatic rings. The van der Waals surface area contributed by atoms with Crippen LogP contribution in [0, 0.1) is 26.7 Å². The summed E-state index contributed by atoms with van der Waals surface area (Å²) in [4.78, 5) is 31.3. The van der Waals surface area contributed by atoms with Crippen molar-refractivity contribution in [3.63, 3.8) is 0 Å². The zero-order valence-electron chi connectivity index (χ0n) is 18.1. The largest absolute Gasteiger partial charge is 0.322 e. The Kier molecular flexibility index (Phi) is 5.76. The monoisotopic (exact) mass is 402 g/mol. The van der Waals surface area contributed by atoms with Gasteiger partial charge in [0.1, 0.15) is 0 Å². The van der Waals surface area contributed by atoms with Gasteiger partial charge in [0.15, 0.2) is 0 Å². The third-order valence-corrected chi connectivity index (χ3v) is 6.49. The Morgan fingerprint density at radius 1 is 1.03 bits per heavy atom. The molecule has 1 amide bonds. The number of amides is 1. The molecule has 0 unspecified atom stereocenters. The highest BCUT2D eigenvalue weighted by molar-refractivity contribution is 5.96. The van der Waals surface area contributed by atoms with Gasteiger partial charge in [0.2, 0.25) is 5.91 Å². The molecule has 0 atom stereocenters. The molecule has 1 heterocycles. The minimum absolute atomic E-state index is 0.0421. The fourth-order valence-corrected chi connectivity index (χ4v) is 4.54. The normalized spacial score (nSPS) is 14.8. The molecule has 1 fully saturated rings. The summed E-state index contributed by atoms with van der Waals surface area (Å²) >= 11 is 0. The zero-order chi connectivity index (χ0) is 21.3. The van der Waals surface area contributed by atoms with Crippen LogP contribution < -0.4 is 10.5 Å². The number of hydrogen-bond acceptors (Lipinski definition) is 2. The van der Waals surface area contributed by atoms with Crippen molar-refractivity contribution in [3.05, 3.63) is 75.1 Å². The Hall–Kier alpha value is -2.88. The van der Waals surface area contributed by atoms with Gasteiger partial charge in [0, 0.05) is 22.7 Å². The number of hydrogen-bond donors (Lipinski definition) is 1. The summed E-state index contributed by atoms with van der Waals surface area (Å²) in [5.41, 5.74) is 5.62. The minimum Gasteiger partial charge on any atom is -0.322 e. The molecule has 0 saturated heterocycles. The summed E-state index contributed by atoms with van der Waals surface area (Å²) in [5.74, 6) is 0.188. The zero-order valence-corrected chi connectivity index (χ0v) is 18.1. The van der Waals surface area contributed by atoms with E-state index in [0.717, 1.165) is 59.0 Å². The van der Waals surface area contributed by atoms with Crippen LogP contribution in [0.1, 0.15) is 54.4 Å². The highest BCUT2D eigenvalue weighted by Gasteiger charge is 2.28. The highest BCUT2D eigenvalue weighted by atomic mass is 16.2. The fourth-order valence-electron chi connectivity index (χ4n) is 4.54. The third kappa shape index (κ3) is 4.04. The Bertz CT molecular complexity index is 1140. The van der Waals surface area contributed by atoms with E-state index >= 15 is 0 Å². The van der Waals surface area contributed by atoms with E-state index in [0.29, 0.717) is 12.1 Å². The van der Waals surface area contributed by atoms with Crippen LogP contribution in [0.15, 0.2) is 47.3 Å². The fraction of sp³-hybridized carbons (Fsp3) is 0.385. The lowest BCUT2D eigenvalue weighted by atomic mass is 9.88. The molecule has 0 bridgehead atoms. The first kappa shape index (κ1) is 20.4. The first-order valence-electron chi connectivity index (χ1n) is 10.9. The second-order valence-corrected chi connectivity index (χ2v) is 8.69. The standard InChI is InChI=1S/C26H30N2O2/c1-17-12-13-23-21(14-17)15-22(25(29)27-23)16-28(24-11-7-8-18(2)19(24)3)26(30)20-9-5-4-6-10-20/h7-8,11-15,20H,4-6,9-10,16H2,1-3H3,(H,27,29). The van der Waals surface area contributed by atoms with Crippen LogP contribution >= 0.6 is 0 Å².